The summed E-state index contributed by atoms with van der Waals surface area (Å²) in [7, 11) is 0. The zero-order valence-corrected chi connectivity index (χ0v) is 22.5. The normalized spacial score (nSPS) is 21.4. The monoisotopic (exact) mass is 396 g/mol. The number of piperazine rings is 3. The second kappa shape index (κ2) is 16.9. The fraction of sp³-hybridized carbons (Fsp3) is 1.00. The Morgan fingerprint density at radius 3 is 0.769 bits per heavy atom. The summed E-state index contributed by atoms with van der Waals surface area (Å²) < 4.78 is 0. The van der Waals surface area contributed by atoms with E-state index in [1.54, 1.807) is 0 Å². The highest BCUT2D eigenvalue weighted by atomic mass is 27.1. The summed E-state index contributed by atoms with van der Waals surface area (Å²) in [6.45, 7) is 26.5. The Balaban J connectivity index is 0.000000360. The van der Waals surface area contributed by atoms with Gasteiger partial charge in [0, 0.05) is 39.3 Å². The molecule has 3 fully saturated rings. The van der Waals surface area contributed by atoms with E-state index in [0.717, 1.165) is 23.7 Å². The summed E-state index contributed by atoms with van der Waals surface area (Å²) >= 11 is 0.633. The molecule has 3 aliphatic rings. The van der Waals surface area contributed by atoms with Gasteiger partial charge in [0.15, 0.2) is 0 Å². The maximum Gasteiger partial charge on any atom is 0.237 e. The summed E-state index contributed by atoms with van der Waals surface area (Å²) in [5, 5.41) is 6.16. The van der Waals surface area contributed by atoms with Crippen LogP contribution in [0.4, 0.5) is 0 Å². The van der Waals surface area contributed by atoms with E-state index in [-0.39, 0.29) is 0 Å². The highest BCUT2D eigenvalue weighted by Crippen LogP contribution is 2.07. The summed E-state index contributed by atoms with van der Waals surface area (Å²) in [5.41, 5.74) is 0. The van der Waals surface area contributed by atoms with Crippen molar-refractivity contribution in [3.8, 4) is 0 Å². The van der Waals surface area contributed by atoms with Crippen molar-refractivity contribution in [1.82, 2.24) is 9.80 Å². The summed E-state index contributed by atoms with van der Waals surface area (Å²) in [5.74, 6) is 3.82. The first-order chi connectivity index (χ1) is 12.2. The van der Waals surface area contributed by atoms with Crippen LogP contribution in [0.15, 0.2) is 0 Å². The van der Waals surface area contributed by atoms with Gasteiger partial charge >= 0.3 is 0 Å². The largest absolute Gasteiger partial charge is 0.300 e. The number of hydrogen-bond acceptors (Lipinski definition) is 2. The maximum absolute atomic E-state index is 2.54. The SMILES string of the molecule is C1CN2CCN1CC2.CC(C)[CH2][AlH][CH2]C(C)C.CC(C)[CH2][AlH][CH2]C(C)C. The van der Waals surface area contributed by atoms with Crippen LogP contribution < -0.4 is 0 Å². The van der Waals surface area contributed by atoms with E-state index in [4.69, 9.17) is 0 Å². The Morgan fingerprint density at radius 1 is 0.462 bits per heavy atom. The third-order valence-electron chi connectivity index (χ3n) is 5.32. The average Bonchev–Trinajstić information content (AvgIpc) is 2.56. The zero-order chi connectivity index (χ0) is 19.9. The molecule has 3 saturated heterocycles. The van der Waals surface area contributed by atoms with Crippen LogP contribution in [-0.2, 0) is 0 Å². The van der Waals surface area contributed by atoms with Crippen molar-refractivity contribution in [2.45, 2.75) is 76.5 Å². The molecule has 0 aromatic heterocycles. The lowest BCUT2D eigenvalue weighted by atomic mass is 10.2. The van der Waals surface area contributed by atoms with Crippen molar-refractivity contribution >= 4 is 30.4 Å². The van der Waals surface area contributed by atoms with Crippen LogP contribution in [0.2, 0.25) is 21.1 Å². The minimum absolute atomic E-state index is 0.316. The third kappa shape index (κ3) is 18.4. The molecule has 0 N–H and O–H groups in total. The fourth-order valence-electron chi connectivity index (χ4n) is 3.39. The molecule has 0 amide bonds. The predicted octanol–water partition coefficient (Wildman–Crippen LogP) is 4.76. The molecule has 0 atom stereocenters. The van der Waals surface area contributed by atoms with E-state index >= 15 is 0 Å². The molecule has 0 aliphatic carbocycles. The first-order valence-corrected chi connectivity index (χ1v) is 15.6. The molecule has 2 bridgehead atoms. The topological polar surface area (TPSA) is 6.48 Å². The van der Waals surface area contributed by atoms with Crippen LogP contribution in [0.3, 0.4) is 0 Å². The van der Waals surface area contributed by atoms with Crippen LogP contribution in [-0.4, -0.2) is 79.5 Å². The van der Waals surface area contributed by atoms with Gasteiger partial charge in [-0.25, -0.2) is 0 Å². The molecule has 3 rings (SSSR count). The quantitative estimate of drug-likeness (QED) is 0.546. The van der Waals surface area contributed by atoms with E-state index in [1.807, 2.05) is 0 Å². The van der Waals surface area contributed by atoms with Crippen LogP contribution in [0, 0.1) is 23.7 Å². The Morgan fingerprint density at radius 2 is 0.654 bits per heavy atom. The lowest BCUT2D eigenvalue weighted by Gasteiger charge is -2.41. The van der Waals surface area contributed by atoms with Crippen molar-refractivity contribution in [1.29, 1.82) is 0 Å². The number of hydrogen-bond donors (Lipinski definition) is 0. The Labute approximate surface area is 179 Å². The summed E-state index contributed by atoms with van der Waals surface area (Å²) in [4.78, 5) is 5.08. The van der Waals surface area contributed by atoms with E-state index in [0.29, 0.717) is 30.4 Å². The average molecular weight is 397 g/mol. The lowest BCUT2D eigenvalue weighted by molar-refractivity contribution is 0.0647. The number of rotatable bonds is 8. The molecule has 26 heavy (non-hydrogen) atoms. The second-order valence-corrected chi connectivity index (χ2v) is 13.8. The minimum Gasteiger partial charge on any atom is -0.300 e. The molecule has 0 spiro atoms. The zero-order valence-electron chi connectivity index (χ0n) is 19.7. The van der Waals surface area contributed by atoms with E-state index in [1.165, 1.54) is 60.4 Å². The molecule has 4 heteroatoms. The summed E-state index contributed by atoms with van der Waals surface area (Å²) in [6, 6.07) is 0. The number of nitrogens with zero attached hydrogens (tertiary/aromatic N) is 2. The van der Waals surface area contributed by atoms with Gasteiger partial charge in [-0.05, 0) is 0 Å². The van der Waals surface area contributed by atoms with Crippen LogP contribution in [0.1, 0.15) is 55.4 Å². The smallest absolute Gasteiger partial charge is 0.237 e. The molecular weight excluding hydrogens is 346 g/mol. The molecule has 0 unspecified atom stereocenters. The predicted molar refractivity (Wildman–Crippen MR) is 126 cm³/mol. The Hall–Kier alpha value is 0.985. The molecule has 0 aromatic carbocycles. The van der Waals surface area contributed by atoms with Gasteiger partial charge in [-0.3, -0.25) is 9.80 Å². The van der Waals surface area contributed by atoms with E-state index < -0.39 is 0 Å². The van der Waals surface area contributed by atoms with Gasteiger partial charge in [-0.15, -0.1) is 0 Å². The Kier molecular flexibility index (Phi) is 17.5. The van der Waals surface area contributed by atoms with Gasteiger partial charge in [-0.2, -0.15) is 0 Å². The van der Waals surface area contributed by atoms with Crippen molar-refractivity contribution in [3.05, 3.63) is 0 Å². The van der Waals surface area contributed by atoms with E-state index in [2.05, 4.69) is 65.2 Å². The molecule has 3 aliphatic heterocycles. The third-order valence-corrected chi connectivity index (χ3v) is 11.6. The van der Waals surface area contributed by atoms with Crippen LogP contribution in [0.5, 0.6) is 0 Å². The Bertz CT molecular complexity index is 241. The lowest BCUT2D eigenvalue weighted by Crippen LogP contribution is -2.55. The van der Waals surface area contributed by atoms with Crippen LogP contribution in [0.25, 0.3) is 0 Å². The molecule has 3 heterocycles. The first-order valence-electron chi connectivity index (χ1n) is 11.6. The van der Waals surface area contributed by atoms with Gasteiger partial charge in [0.1, 0.15) is 0 Å². The van der Waals surface area contributed by atoms with Crippen molar-refractivity contribution < 1.29 is 0 Å². The van der Waals surface area contributed by atoms with Crippen molar-refractivity contribution in [3.63, 3.8) is 0 Å². The maximum atomic E-state index is 2.54. The van der Waals surface area contributed by atoms with Crippen molar-refractivity contribution in [2.75, 3.05) is 39.3 Å². The standard InChI is InChI=1S/C6H12N2.4C4H9.2Al.2H/c1-2-8-5-3-7(1)4-6-8;4*1-4(2)3;;;;/h1-6H2;4*4H,1H2,2-3H3;;;;. The fourth-order valence-corrected chi connectivity index (χ4v) is 7.13. The van der Waals surface area contributed by atoms with Gasteiger partial charge in [-0.1, -0.05) is 100 Å². The molecular formula is C22H50Al2N2. The van der Waals surface area contributed by atoms with E-state index in [9.17, 15) is 0 Å². The highest BCUT2D eigenvalue weighted by molar-refractivity contribution is 6.35. The van der Waals surface area contributed by atoms with Gasteiger partial charge in [0.25, 0.3) is 0 Å². The molecule has 0 radical (unpaired) electrons. The highest BCUT2D eigenvalue weighted by Gasteiger charge is 2.21. The molecule has 154 valence electrons. The second-order valence-electron chi connectivity index (χ2n) is 10.1. The first kappa shape index (κ1) is 27.0. The molecule has 0 aromatic rings. The summed E-state index contributed by atoms with van der Waals surface area (Å²) in [6.07, 6.45) is 0. The molecule has 2 nitrogen and oxygen atoms in total. The van der Waals surface area contributed by atoms with Gasteiger partial charge in [0.2, 0.25) is 30.4 Å². The van der Waals surface area contributed by atoms with Crippen molar-refractivity contribution in [2.24, 2.45) is 23.7 Å². The van der Waals surface area contributed by atoms with Crippen LogP contribution >= 0.6 is 0 Å². The number of fused-ring (bicyclic) bond motifs is 3. The van der Waals surface area contributed by atoms with Gasteiger partial charge in [0.05, 0.1) is 0 Å². The van der Waals surface area contributed by atoms with Gasteiger partial charge < -0.3 is 0 Å². The molecule has 0 saturated carbocycles. The minimum atomic E-state index is 0.316.